The van der Waals surface area contributed by atoms with E-state index in [4.69, 9.17) is 9.47 Å². The van der Waals surface area contributed by atoms with E-state index in [-0.39, 0.29) is 30.1 Å². The highest BCUT2D eigenvalue weighted by atomic mass is 16.6. The molecule has 5 atom stereocenters. The van der Waals surface area contributed by atoms with Crippen LogP contribution in [0.1, 0.15) is 75.1 Å². The van der Waals surface area contributed by atoms with E-state index in [0.717, 1.165) is 56.0 Å². The van der Waals surface area contributed by atoms with Crippen molar-refractivity contribution in [1.82, 2.24) is 9.80 Å². The van der Waals surface area contributed by atoms with Crippen molar-refractivity contribution in [3.05, 3.63) is 70.8 Å². The van der Waals surface area contributed by atoms with E-state index in [2.05, 4.69) is 60.9 Å². The Morgan fingerprint density at radius 2 is 1.95 bits per heavy atom. The van der Waals surface area contributed by atoms with E-state index in [9.17, 15) is 9.59 Å². The van der Waals surface area contributed by atoms with Gasteiger partial charge in [0.1, 0.15) is 17.5 Å². The molecule has 2 bridgehead atoms. The number of carbonyl (C=O) groups is 2. The maximum absolute atomic E-state index is 14.1. The minimum absolute atomic E-state index is 0.0184. The number of piperidine rings is 1. The van der Waals surface area contributed by atoms with Gasteiger partial charge in [-0.3, -0.25) is 14.5 Å². The van der Waals surface area contributed by atoms with Crippen molar-refractivity contribution < 1.29 is 19.1 Å². The number of amides is 1. The Kier molecular flexibility index (Phi) is 6.76. The zero-order valence-corrected chi connectivity index (χ0v) is 25.5. The number of ether oxygens (including phenoxy) is 2. The zero-order valence-electron chi connectivity index (χ0n) is 25.5. The molecule has 0 N–H and O–H groups in total. The number of nitrogens with zero attached hydrogens (tertiary/aromatic N) is 2. The van der Waals surface area contributed by atoms with Crippen molar-refractivity contribution in [1.29, 1.82) is 0 Å². The van der Waals surface area contributed by atoms with E-state index in [1.54, 1.807) is 13.0 Å². The van der Waals surface area contributed by atoms with Crippen LogP contribution in [0.5, 0.6) is 5.75 Å². The third-order valence-electron chi connectivity index (χ3n) is 10.6. The third kappa shape index (κ3) is 4.32. The fourth-order valence-corrected chi connectivity index (χ4v) is 9.00. The summed E-state index contributed by atoms with van der Waals surface area (Å²) in [6, 6.07) is 14.7. The molecular weight excluding hydrogens is 524 g/mol. The van der Waals surface area contributed by atoms with Gasteiger partial charge < -0.3 is 14.4 Å². The zero-order chi connectivity index (χ0) is 29.2. The molecular formula is C36H44N2O4. The molecule has 2 heterocycles. The van der Waals surface area contributed by atoms with Crippen molar-refractivity contribution in [2.24, 2.45) is 11.8 Å². The van der Waals surface area contributed by atoms with Crippen LogP contribution >= 0.6 is 0 Å². The van der Waals surface area contributed by atoms with Crippen LogP contribution < -0.4 is 4.74 Å². The summed E-state index contributed by atoms with van der Waals surface area (Å²) in [6.45, 7) is 10.7. The number of benzene rings is 2. The summed E-state index contributed by atoms with van der Waals surface area (Å²) < 4.78 is 13.6. The first-order valence-electron chi connectivity index (χ1n) is 16.0. The highest BCUT2D eigenvalue weighted by Crippen LogP contribution is 2.66. The van der Waals surface area contributed by atoms with E-state index in [0.29, 0.717) is 12.5 Å². The first kappa shape index (κ1) is 27.7. The van der Waals surface area contributed by atoms with E-state index < -0.39 is 11.0 Å². The fourth-order valence-electron chi connectivity index (χ4n) is 9.00. The summed E-state index contributed by atoms with van der Waals surface area (Å²) in [6.07, 6.45) is 9.23. The molecule has 2 aromatic carbocycles. The molecule has 2 aromatic rings. The molecule has 1 saturated heterocycles. The molecule has 1 amide bonds. The summed E-state index contributed by atoms with van der Waals surface area (Å²) in [7, 11) is 0. The Bertz CT molecular complexity index is 1430. The largest absolute Gasteiger partial charge is 0.487 e. The minimum Gasteiger partial charge on any atom is -0.487 e. The monoisotopic (exact) mass is 568 g/mol. The fraction of sp³-hybridized carbons (Fsp3) is 0.556. The molecule has 5 aliphatic rings. The lowest BCUT2D eigenvalue weighted by molar-refractivity contribution is -0.224. The lowest BCUT2D eigenvalue weighted by Gasteiger charge is -2.65. The van der Waals surface area contributed by atoms with Gasteiger partial charge in [0.2, 0.25) is 5.91 Å². The summed E-state index contributed by atoms with van der Waals surface area (Å²) >= 11 is 0. The maximum atomic E-state index is 14.1. The molecule has 0 radical (unpaired) electrons. The van der Waals surface area contributed by atoms with Gasteiger partial charge in [0.25, 0.3) is 0 Å². The van der Waals surface area contributed by atoms with Gasteiger partial charge in [-0.25, -0.2) is 0 Å². The molecule has 7 rings (SSSR count). The van der Waals surface area contributed by atoms with Crippen LogP contribution in [0.25, 0.3) is 6.08 Å². The Morgan fingerprint density at radius 3 is 2.69 bits per heavy atom. The van der Waals surface area contributed by atoms with E-state index in [1.807, 2.05) is 18.2 Å². The average molecular weight is 569 g/mol. The van der Waals surface area contributed by atoms with E-state index in [1.165, 1.54) is 29.5 Å². The molecule has 3 fully saturated rings. The first-order valence-corrected chi connectivity index (χ1v) is 16.0. The number of esters is 1. The number of hydrogen-bond donors (Lipinski definition) is 0. The number of aryl methyl sites for hydroxylation is 1. The lowest BCUT2D eigenvalue weighted by atomic mass is 9.48. The Morgan fingerprint density at radius 1 is 1.14 bits per heavy atom. The molecule has 2 unspecified atom stereocenters. The second-order valence-electron chi connectivity index (χ2n) is 13.9. The van der Waals surface area contributed by atoms with Crippen molar-refractivity contribution in [2.45, 2.75) is 95.4 Å². The average Bonchev–Trinajstić information content (AvgIpc) is 3.69. The van der Waals surface area contributed by atoms with Crippen LogP contribution in [0.3, 0.4) is 0 Å². The van der Waals surface area contributed by atoms with Gasteiger partial charge in [-0.05, 0) is 87.1 Å². The smallest absolute Gasteiger partial charge is 0.303 e. The number of carbonyl (C=O) groups excluding carboxylic acids is 2. The summed E-state index contributed by atoms with van der Waals surface area (Å²) in [5, 5.41) is 0. The molecule has 2 saturated carbocycles. The lowest BCUT2D eigenvalue weighted by Crippen LogP contribution is -2.79. The second-order valence-corrected chi connectivity index (χ2v) is 13.9. The van der Waals surface area contributed by atoms with Gasteiger partial charge in [0.05, 0.1) is 17.5 Å². The maximum Gasteiger partial charge on any atom is 0.303 e. The predicted molar refractivity (Wildman–Crippen MR) is 163 cm³/mol. The van der Waals surface area contributed by atoms with Gasteiger partial charge >= 0.3 is 5.97 Å². The van der Waals surface area contributed by atoms with Gasteiger partial charge in [0.15, 0.2) is 0 Å². The number of hydrogen-bond acceptors (Lipinski definition) is 5. The van der Waals surface area contributed by atoms with Crippen LogP contribution in [0.15, 0.2) is 48.5 Å². The van der Waals surface area contributed by atoms with Gasteiger partial charge in [-0.1, -0.05) is 55.8 Å². The Balaban J connectivity index is 1.31. The normalized spacial score (nSPS) is 31.1. The van der Waals surface area contributed by atoms with Crippen LogP contribution in [-0.4, -0.2) is 65.1 Å². The second kappa shape index (κ2) is 10.3. The van der Waals surface area contributed by atoms with Crippen LogP contribution in [-0.2, 0) is 26.2 Å². The predicted octanol–water partition coefficient (Wildman–Crippen LogP) is 5.70. The highest BCUT2D eigenvalue weighted by Gasteiger charge is 2.75. The Labute approximate surface area is 250 Å². The quantitative estimate of drug-likeness (QED) is 0.302. The third-order valence-corrected chi connectivity index (χ3v) is 10.6. The number of rotatable bonds is 8. The summed E-state index contributed by atoms with van der Waals surface area (Å²) in [4.78, 5) is 31.7. The molecule has 2 aliphatic heterocycles. The molecule has 3 aliphatic carbocycles. The SMILES string of the molecule is CC(=O)O[C@@]12CCC(N(CC(C)C)C(=O)/C=C/c3cccc(C)c3)C3Oc4cccc5c4[C@@]31CCN(CC1CC1)[C@@H]2C5. The van der Waals surface area contributed by atoms with Crippen molar-refractivity contribution in [3.63, 3.8) is 0 Å². The van der Waals surface area contributed by atoms with Gasteiger partial charge in [-0.2, -0.15) is 0 Å². The Hall–Kier alpha value is -3.12. The summed E-state index contributed by atoms with van der Waals surface area (Å²) in [5.41, 5.74) is 3.64. The number of likely N-dealkylation sites (tertiary alicyclic amines) is 1. The van der Waals surface area contributed by atoms with Crippen molar-refractivity contribution in [2.75, 3.05) is 19.6 Å². The topological polar surface area (TPSA) is 59.1 Å². The van der Waals surface area contributed by atoms with Crippen LogP contribution in [0.2, 0.25) is 0 Å². The molecule has 42 heavy (non-hydrogen) atoms. The molecule has 6 nitrogen and oxygen atoms in total. The van der Waals surface area contributed by atoms with Crippen molar-refractivity contribution in [3.8, 4) is 5.75 Å². The molecule has 0 aromatic heterocycles. The van der Waals surface area contributed by atoms with Crippen LogP contribution in [0.4, 0.5) is 0 Å². The standard InChI is InChI=1S/C36H44N2O4/c1-23(2)21-38(32(40)14-13-26-8-5-7-24(3)19-26)29-15-16-36(42-25(4)39)31-20-28-9-6-10-30-33(28)35(36,34(29)41-30)17-18-37(31)22-27-11-12-27/h5-10,13-14,19,23,27,29,31,34H,11-12,15-18,20-22H2,1-4H3/b14-13+/t29?,31-,34?,35+,36-/m1/s1. The molecule has 6 heteroatoms. The highest BCUT2D eigenvalue weighted by molar-refractivity contribution is 5.92. The van der Waals surface area contributed by atoms with E-state index >= 15 is 0 Å². The van der Waals surface area contributed by atoms with Gasteiger partial charge in [-0.15, -0.1) is 0 Å². The van der Waals surface area contributed by atoms with Crippen molar-refractivity contribution >= 4 is 18.0 Å². The van der Waals surface area contributed by atoms with Gasteiger partial charge in [0, 0.05) is 31.7 Å². The van der Waals surface area contributed by atoms with Crippen LogP contribution in [0, 0.1) is 18.8 Å². The minimum atomic E-state index is -0.656. The summed E-state index contributed by atoms with van der Waals surface area (Å²) in [5.74, 6) is 1.78. The molecule has 222 valence electrons. The first-order chi connectivity index (χ1) is 20.2. The molecule has 1 spiro atoms.